The second-order valence-corrected chi connectivity index (χ2v) is 9.61. The Kier molecular flexibility index (Phi) is 6.07. The first-order chi connectivity index (χ1) is 15.3. The molecule has 0 radical (unpaired) electrons. The zero-order valence-electron chi connectivity index (χ0n) is 18.0. The maximum absolute atomic E-state index is 11.7. The minimum Gasteiger partial charge on any atom is -0.494 e. The first-order valence-electron chi connectivity index (χ1n) is 10.1. The Balaban J connectivity index is 1.82. The standard InChI is InChI=1S/C22H25N5O3S2/c1-4-26-13-7-9-18(26)21-20(17-8-5-6-12-23-17)24-22(31)27(21)15-10-11-16(19(14-15)30-2)25-32(3,28)29/h5-14,20-21,25H,4H2,1-3H3,(H,24,31). The number of benzene rings is 1. The van der Waals surface area contributed by atoms with Gasteiger partial charge in [0, 0.05) is 36.4 Å². The van der Waals surface area contributed by atoms with E-state index in [-0.39, 0.29) is 12.1 Å². The maximum Gasteiger partial charge on any atom is 0.229 e. The topological polar surface area (TPSA) is 88.5 Å². The van der Waals surface area contributed by atoms with Crippen LogP contribution in [0, 0.1) is 0 Å². The van der Waals surface area contributed by atoms with Crippen LogP contribution in [0.2, 0.25) is 0 Å². The maximum atomic E-state index is 11.7. The number of sulfonamides is 1. The van der Waals surface area contributed by atoms with E-state index in [1.165, 1.54) is 7.11 Å². The molecular formula is C22H25N5O3S2. The van der Waals surface area contributed by atoms with Gasteiger partial charge in [-0.1, -0.05) is 6.07 Å². The predicted octanol–water partition coefficient (Wildman–Crippen LogP) is 3.46. The summed E-state index contributed by atoms with van der Waals surface area (Å²) >= 11 is 5.76. The highest BCUT2D eigenvalue weighted by atomic mass is 32.2. The number of nitrogens with one attached hydrogen (secondary N) is 2. The summed E-state index contributed by atoms with van der Waals surface area (Å²) in [5.74, 6) is 0.404. The lowest BCUT2D eigenvalue weighted by atomic mass is 10.0. The molecule has 0 bridgehead atoms. The normalized spacial score (nSPS) is 18.5. The molecule has 1 aromatic carbocycles. The number of methoxy groups -OCH3 is 1. The van der Waals surface area contributed by atoms with Crippen LogP contribution in [-0.2, 0) is 16.6 Å². The Bertz CT molecular complexity index is 1230. The summed E-state index contributed by atoms with van der Waals surface area (Å²) in [6.07, 6.45) is 4.92. The van der Waals surface area contributed by atoms with Crippen LogP contribution in [0.15, 0.2) is 60.9 Å². The van der Waals surface area contributed by atoms with Crippen molar-refractivity contribution in [3.8, 4) is 5.75 Å². The third kappa shape index (κ3) is 4.28. The third-order valence-electron chi connectivity index (χ3n) is 5.37. The molecule has 3 aromatic rings. The molecule has 4 rings (SSSR count). The van der Waals surface area contributed by atoms with Crippen LogP contribution in [0.25, 0.3) is 0 Å². The summed E-state index contributed by atoms with van der Waals surface area (Å²) in [6, 6.07) is 14.9. The summed E-state index contributed by atoms with van der Waals surface area (Å²) in [5, 5.41) is 3.98. The summed E-state index contributed by atoms with van der Waals surface area (Å²) in [7, 11) is -1.94. The molecule has 0 amide bonds. The highest BCUT2D eigenvalue weighted by Crippen LogP contribution is 2.43. The number of hydrogen-bond acceptors (Lipinski definition) is 5. The number of aryl methyl sites for hydroxylation is 1. The molecular weight excluding hydrogens is 446 g/mol. The van der Waals surface area contributed by atoms with Crippen LogP contribution < -0.4 is 19.7 Å². The van der Waals surface area contributed by atoms with Crippen LogP contribution >= 0.6 is 12.2 Å². The second-order valence-electron chi connectivity index (χ2n) is 7.47. The fraction of sp³-hybridized carbons (Fsp3) is 0.273. The average molecular weight is 472 g/mol. The second kappa shape index (κ2) is 8.79. The van der Waals surface area contributed by atoms with Gasteiger partial charge in [-0.15, -0.1) is 0 Å². The molecule has 0 saturated carbocycles. The number of anilines is 2. The van der Waals surface area contributed by atoms with Gasteiger partial charge in [0.15, 0.2) is 5.11 Å². The summed E-state index contributed by atoms with van der Waals surface area (Å²) in [5.41, 5.74) is 3.12. The molecule has 168 valence electrons. The Morgan fingerprint density at radius 2 is 2.03 bits per heavy atom. The van der Waals surface area contributed by atoms with E-state index in [1.54, 1.807) is 18.3 Å². The van der Waals surface area contributed by atoms with Crippen molar-refractivity contribution >= 4 is 38.7 Å². The van der Waals surface area contributed by atoms with Gasteiger partial charge in [0.2, 0.25) is 10.0 Å². The van der Waals surface area contributed by atoms with Crippen LogP contribution in [-0.4, -0.2) is 36.4 Å². The molecule has 8 nitrogen and oxygen atoms in total. The molecule has 1 saturated heterocycles. The monoisotopic (exact) mass is 471 g/mol. The van der Waals surface area contributed by atoms with Crippen molar-refractivity contribution < 1.29 is 13.2 Å². The molecule has 2 unspecified atom stereocenters. The predicted molar refractivity (Wildman–Crippen MR) is 129 cm³/mol. The van der Waals surface area contributed by atoms with Crippen molar-refractivity contribution in [1.29, 1.82) is 0 Å². The lowest BCUT2D eigenvalue weighted by Crippen LogP contribution is -2.30. The lowest BCUT2D eigenvalue weighted by molar-refractivity contribution is 0.417. The lowest BCUT2D eigenvalue weighted by Gasteiger charge is -2.29. The Morgan fingerprint density at radius 3 is 2.69 bits per heavy atom. The molecule has 2 atom stereocenters. The molecule has 1 aliphatic heterocycles. The molecule has 32 heavy (non-hydrogen) atoms. The number of rotatable bonds is 7. The number of thiocarbonyl (C=S) groups is 1. The van der Waals surface area contributed by atoms with Crippen LogP contribution in [0.4, 0.5) is 11.4 Å². The SMILES string of the molecule is CCn1cccc1C1C(c2ccccn2)NC(=S)N1c1ccc(NS(C)(=O)=O)c(OC)c1. The molecule has 0 aliphatic carbocycles. The van der Waals surface area contributed by atoms with E-state index in [1.807, 2.05) is 41.4 Å². The zero-order valence-corrected chi connectivity index (χ0v) is 19.7. The van der Waals surface area contributed by atoms with Crippen LogP contribution in [0.3, 0.4) is 0 Å². The zero-order chi connectivity index (χ0) is 22.9. The Labute approximate surface area is 193 Å². The van der Waals surface area contributed by atoms with Gasteiger partial charge in [0.1, 0.15) is 11.8 Å². The van der Waals surface area contributed by atoms with Gasteiger partial charge in [-0.2, -0.15) is 0 Å². The smallest absolute Gasteiger partial charge is 0.229 e. The molecule has 1 fully saturated rings. The van der Waals surface area contributed by atoms with Gasteiger partial charge in [-0.05, 0) is 55.5 Å². The quantitative estimate of drug-likeness (QED) is 0.510. The molecule has 1 aliphatic rings. The van der Waals surface area contributed by atoms with E-state index in [9.17, 15) is 8.42 Å². The summed E-state index contributed by atoms with van der Waals surface area (Å²) in [4.78, 5) is 6.60. The fourth-order valence-electron chi connectivity index (χ4n) is 4.03. The van der Waals surface area contributed by atoms with E-state index >= 15 is 0 Å². The first-order valence-corrected chi connectivity index (χ1v) is 12.4. The van der Waals surface area contributed by atoms with E-state index in [2.05, 4.69) is 32.6 Å². The van der Waals surface area contributed by atoms with Crippen molar-refractivity contribution in [3.05, 3.63) is 72.3 Å². The average Bonchev–Trinajstić information content (AvgIpc) is 3.37. The third-order valence-corrected chi connectivity index (χ3v) is 6.27. The highest BCUT2D eigenvalue weighted by Gasteiger charge is 2.42. The highest BCUT2D eigenvalue weighted by molar-refractivity contribution is 7.92. The first kappa shape index (κ1) is 22.1. The largest absolute Gasteiger partial charge is 0.494 e. The Hall–Kier alpha value is -3.11. The minimum absolute atomic E-state index is 0.161. The van der Waals surface area contributed by atoms with Gasteiger partial charge < -0.3 is 19.5 Å². The molecule has 2 N–H and O–H groups in total. The summed E-state index contributed by atoms with van der Waals surface area (Å²) in [6.45, 7) is 2.91. The van der Waals surface area contributed by atoms with Gasteiger partial charge in [0.05, 0.1) is 30.8 Å². The number of pyridine rings is 1. The van der Waals surface area contributed by atoms with Gasteiger partial charge >= 0.3 is 0 Å². The number of nitrogens with zero attached hydrogens (tertiary/aromatic N) is 3. The van der Waals surface area contributed by atoms with E-state index in [4.69, 9.17) is 17.0 Å². The van der Waals surface area contributed by atoms with Crippen molar-refractivity contribution in [3.63, 3.8) is 0 Å². The molecule has 0 spiro atoms. The molecule has 3 heterocycles. The number of hydrogen-bond donors (Lipinski definition) is 2. The van der Waals surface area contributed by atoms with Crippen LogP contribution in [0.5, 0.6) is 5.75 Å². The van der Waals surface area contributed by atoms with E-state index < -0.39 is 10.0 Å². The van der Waals surface area contributed by atoms with Crippen molar-refractivity contribution in [1.82, 2.24) is 14.9 Å². The molecule has 2 aromatic heterocycles. The molecule has 10 heteroatoms. The fourth-order valence-corrected chi connectivity index (χ4v) is 4.95. The van der Waals surface area contributed by atoms with E-state index in [0.717, 1.165) is 29.9 Å². The minimum atomic E-state index is -3.45. The van der Waals surface area contributed by atoms with Crippen molar-refractivity contribution in [2.45, 2.75) is 25.6 Å². The van der Waals surface area contributed by atoms with Gasteiger partial charge in [0.25, 0.3) is 0 Å². The summed E-state index contributed by atoms with van der Waals surface area (Å²) < 4.78 is 33.6. The van der Waals surface area contributed by atoms with Crippen LogP contribution in [0.1, 0.15) is 30.4 Å². The van der Waals surface area contributed by atoms with Crippen molar-refractivity contribution in [2.24, 2.45) is 0 Å². The van der Waals surface area contributed by atoms with E-state index in [0.29, 0.717) is 16.5 Å². The van der Waals surface area contributed by atoms with Gasteiger partial charge in [-0.3, -0.25) is 9.71 Å². The Morgan fingerprint density at radius 1 is 1.22 bits per heavy atom. The van der Waals surface area contributed by atoms with Gasteiger partial charge in [-0.25, -0.2) is 8.42 Å². The number of ether oxygens (including phenoxy) is 1. The number of aromatic nitrogens is 2. The van der Waals surface area contributed by atoms with Crippen molar-refractivity contribution in [2.75, 3.05) is 23.0 Å².